The van der Waals surface area contributed by atoms with Crippen molar-refractivity contribution in [3.05, 3.63) is 98.6 Å². The summed E-state index contributed by atoms with van der Waals surface area (Å²) < 4.78 is 40.6. The number of hydrogen-bond acceptors (Lipinski definition) is 7. The Kier molecular flexibility index (Phi) is 6.63. The van der Waals surface area contributed by atoms with Crippen LogP contribution in [0.25, 0.3) is 10.9 Å². The standard InChI is InChI=1S/C28H28FN5O4S/c1-16-11-22(17(2)30-24-8-6-5-7-21(24)26(35)32-39(4,37)38)25-23(12-16)27(36)33(3)28(31-25)34-14-18-9-10-20(29)13-19(18)15-34/h5-13,17,30H,14-15H2,1-4H3,(H,32,35)/t17-/m1/s1. The van der Waals surface area contributed by atoms with Crippen molar-refractivity contribution in [2.75, 3.05) is 16.5 Å². The molecular weight excluding hydrogens is 521 g/mol. The summed E-state index contributed by atoms with van der Waals surface area (Å²) >= 11 is 0. The largest absolute Gasteiger partial charge is 0.378 e. The lowest BCUT2D eigenvalue weighted by atomic mass is 10.0. The maximum Gasteiger partial charge on any atom is 0.266 e. The highest BCUT2D eigenvalue weighted by molar-refractivity contribution is 7.89. The molecule has 0 fully saturated rings. The van der Waals surface area contributed by atoms with Gasteiger partial charge in [-0.2, -0.15) is 0 Å². The number of nitrogens with one attached hydrogen (secondary N) is 2. The molecular formula is C28H28FN5O4S. The predicted octanol–water partition coefficient (Wildman–Crippen LogP) is 3.76. The lowest BCUT2D eigenvalue weighted by molar-refractivity contribution is 0.0982. The second-order valence-corrected chi connectivity index (χ2v) is 11.7. The Bertz CT molecular complexity index is 1800. The van der Waals surface area contributed by atoms with E-state index < -0.39 is 22.0 Å². The monoisotopic (exact) mass is 549 g/mol. The Morgan fingerprint density at radius 1 is 1.08 bits per heavy atom. The fourth-order valence-electron chi connectivity index (χ4n) is 5.00. The summed E-state index contributed by atoms with van der Waals surface area (Å²) in [5.41, 5.74) is 4.35. The molecule has 1 atom stereocenters. The molecule has 0 spiro atoms. The second-order valence-electron chi connectivity index (χ2n) is 9.91. The highest BCUT2D eigenvalue weighted by atomic mass is 32.2. The van der Waals surface area contributed by atoms with Crippen LogP contribution in [0.1, 0.15) is 45.6 Å². The zero-order chi connectivity index (χ0) is 28.1. The second kappa shape index (κ2) is 9.81. The molecule has 0 aliphatic carbocycles. The number of para-hydroxylation sites is 1. The van der Waals surface area contributed by atoms with Gasteiger partial charge >= 0.3 is 0 Å². The highest BCUT2D eigenvalue weighted by Crippen LogP contribution is 2.31. The van der Waals surface area contributed by atoms with Crippen LogP contribution in [0.5, 0.6) is 0 Å². The molecule has 2 heterocycles. The normalized spacial score (nSPS) is 13.8. The minimum absolute atomic E-state index is 0.165. The molecule has 2 N–H and O–H groups in total. The smallest absolute Gasteiger partial charge is 0.266 e. The van der Waals surface area contributed by atoms with Crippen molar-refractivity contribution in [1.82, 2.24) is 14.3 Å². The summed E-state index contributed by atoms with van der Waals surface area (Å²) in [4.78, 5) is 33.0. The molecule has 202 valence electrons. The van der Waals surface area contributed by atoms with Gasteiger partial charge in [0, 0.05) is 31.4 Å². The van der Waals surface area contributed by atoms with E-state index in [1.165, 1.54) is 22.8 Å². The number of hydrogen-bond donors (Lipinski definition) is 2. The number of anilines is 2. The molecule has 1 amide bonds. The Hall–Kier alpha value is -4.25. The number of nitrogens with zero attached hydrogens (tertiary/aromatic N) is 3. The molecule has 39 heavy (non-hydrogen) atoms. The van der Waals surface area contributed by atoms with Crippen LogP contribution in [0.3, 0.4) is 0 Å². The van der Waals surface area contributed by atoms with Crippen LogP contribution in [0.4, 0.5) is 16.0 Å². The number of halogens is 1. The summed E-state index contributed by atoms with van der Waals surface area (Å²) in [6, 6.07) is 14.6. The van der Waals surface area contributed by atoms with Crippen LogP contribution < -0.4 is 20.5 Å². The van der Waals surface area contributed by atoms with Crippen LogP contribution >= 0.6 is 0 Å². The van der Waals surface area contributed by atoms with Crippen molar-refractivity contribution in [2.45, 2.75) is 33.0 Å². The van der Waals surface area contributed by atoms with E-state index in [4.69, 9.17) is 4.98 Å². The zero-order valence-corrected chi connectivity index (χ0v) is 22.8. The minimum atomic E-state index is -3.75. The van der Waals surface area contributed by atoms with Crippen LogP contribution in [0, 0.1) is 12.7 Å². The lowest BCUT2D eigenvalue weighted by Gasteiger charge is -2.23. The summed E-state index contributed by atoms with van der Waals surface area (Å²) in [5.74, 6) is -0.588. The summed E-state index contributed by atoms with van der Waals surface area (Å²) in [7, 11) is -2.07. The quantitative estimate of drug-likeness (QED) is 0.377. The molecule has 4 aromatic rings. The van der Waals surface area contributed by atoms with Gasteiger partial charge < -0.3 is 10.2 Å². The topological polar surface area (TPSA) is 113 Å². The average molecular weight is 550 g/mol. The minimum Gasteiger partial charge on any atom is -0.378 e. The number of carbonyl (C=O) groups excluding carboxylic acids is 1. The first-order chi connectivity index (χ1) is 18.4. The van der Waals surface area contributed by atoms with Crippen molar-refractivity contribution < 1.29 is 17.6 Å². The van der Waals surface area contributed by atoms with Crippen LogP contribution in [0.15, 0.2) is 59.4 Å². The van der Waals surface area contributed by atoms with Crippen LogP contribution in [0.2, 0.25) is 0 Å². The first-order valence-corrected chi connectivity index (χ1v) is 14.2. The van der Waals surface area contributed by atoms with Gasteiger partial charge in [-0.15, -0.1) is 0 Å². The molecule has 1 aliphatic rings. The Labute approximate surface area is 225 Å². The first kappa shape index (κ1) is 26.4. The van der Waals surface area contributed by atoms with Crippen molar-refractivity contribution in [1.29, 1.82) is 0 Å². The van der Waals surface area contributed by atoms with Gasteiger partial charge in [-0.25, -0.2) is 22.5 Å². The van der Waals surface area contributed by atoms with E-state index in [0.717, 1.165) is 28.5 Å². The predicted molar refractivity (Wildman–Crippen MR) is 149 cm³/mol. The number of amides is 1. The molecule has 3 aromatic carbocycles. The van der Waals surface area contributed by atoms with Crippen molar-refractivity contribution in [3.63, 3.8) is 0 Å². The molecule has 5 rings (SSSR count). The van der Waals surface area contributed by atoms with Crippen molar-refractivity contribution in [2.24, 2.45) is 7.05 Å². The van der Waals surface area contributed by atoms with Gasteiger partial charge in [0.15, 0.2) is 0 Å². The van der Waals surface area contributed by atoms with Gasteiger partial charge in [0.25, 0.3) is 11.5 Å². The molecule has 0 saturated heterocycles. The van der Waals surface area contributed by atoms with E-state index in [0.29, 0.717) is 35.6 Å². The van der Waals surface area contributed by atoms with Crippen molar-refractivity contribution in [3.8, 4) is 0 Å². The summed E-state index contributed by atoms with van der Waals surface area (Å²) in [6.07, 6.45) is 0.918. The van der Waals surface area contributed by atoms with Gasteiger partial charge in [0.1, 0.15) is 5.82 Å². The summed E-state index contributed by atoms with van der Waals surface area (Å²) in [5, 5.41) is 3.75. The number of rotatable bonds is 6. The Morgan fingerprint density at radius 3 is 2.54 bits per heavy atom. The SMILES string of the molecule is Cc1cc([C@@H](C)Nc2ccccc2C(=O)NS(C)(=O)=O)c2nc(N3Cc4ccc(F)cc4C3)n(C)c(=O)c2c1. The fraction of sp³-hybridized carbons (Fsp3) is 0.250. The average Bonchev–Trinajstić information content (AvgIpc) is 3.28. The molecule has 0 radical (unpaired) electrons. The van der Waals surface area contributed by atoms with Gasteiger partial charge in [0.05, 0.1) is 28.8 Å². The molecule has 0 saturated carbocycles. The molecule has 1 aliphatic heterocycles. The van der Waals surface area contributed by atoms with Gasteiger partial charge in [0.2, 0.25) is 16.0 Å². The third-order valence-electron chi connectivity index (χ3n) is 6.79. The van der Waals surface area contributed by atoms with E-state index in [-0.39, 0.29) is 16.9 Å². The third kappa shape index (κ3) is 5.22. The molecule has 9 nitrogen and oxygen atoms in total. The van der Waals surface area contributed by atoms with Gasteiger partial charge in [-0.3, -0.25) is 14.2 Å². The number of aromatic nitrogens is 2. The van der Waals surface area contributed by atoms with E-state index in [2.05, 4.69) is 5.32 Å². The molecule has 11 heteroatoms. The molecule has 0 bridgehead atoms. The number of fused-ring (bicyclic) bond motifs is 2. The molecule has 0 unspecified atom stereocenters. The van der Waals surface area contributed by atoms with E-state index in [9.17, 15) is 22.4 Å². The molecule has 1 aromatic heterocycles. The maximum atomic E-state index is 13.8. The summed E-state index contributed by atoms with van der Waals surface area (Å²) in [6.45, 7) is 4.70. The van der Waals surface area contributed by atoms with Crippen molar-refractivity contribution >= 4 is 38.5 Å². The Balaban J connectivity index is 1.55. The lowest BCUT2D eigenvalue weighted by Crippen LogP contribution is -2.30. The zero-order valence-electron chi connectivity index (χ0n) is 21.9. The fourth-order valence-corrected chi connectivity index (χ4v) is 5.45. The number of carbonyl (C=O) groups is 1. The highest BCUT2D eigenvalue weighted by Gasteiger charge is 2.25. The van der Waals surface area contributed by atoms with Crippen LogP contribution in [-0.2, 0) is 30.2 Å². The first-order valence-electron chi connectivity index (χ1n) is 12.3. The van der Waals surface area contributed by atoms with E-state index >= 15 is 0 Å². The number of sulfonamides is 1. The van der Waals surface area contributed by atoms with E-state index in [1.54, 1.807) is 37.4 Å². The van der Waals surface area contributed by atoms with Crippen LogP contribution in [-0.4, -0.2) is 30.1 Å². The third-order valence-corrected chi connectivity index (χ3v) is 7.35. The Morgan fingerprint density at radius 2 is 1.79 bits per heavy atom. The van der Waals surface area contributed by atoms with Gasteiger partial charge in [-0.1, -0.05) is 24.3 Å². The number of aryl methyl sites for hydroxylation is 1. The van der Waals surface area contributed by atoms with Gasteiger partial charge in [-0.05, 0) is 60.9 Å². The van der Waals surface area contributed by atoms with E-state index in [1.807, 2.05) is 29.5 Å². The maximum absolute atomic E-state index is 13.8. The number of benzene rings is 3.